The van der Waals surface area contributed by atoms with Crippen LogP contribution in [0.3, 0.4) is 0 Å². The molecular weight excluding hydrogens is 160 g/mol. The van der Waals surface area contributed by atoms with E-state index in [0.717, 1.165) is 17.8 Å². The summed E-state index contributed by atoms with van der Waals surface area (Å²) in [5.74, 6) is 2.36. The Morgan fingerprint density at radius 1 is 1.15 bits per heavy atom. The normalized spacial score (nSPS) is 40.9. The quantitative estimate of drug-likeness (QED) is 0.514. The highest BCUT2D eigenvalue weighted by atomic mass is 14.9. The van der Waals surface area contributed by atoms with Gasteiger partial charge in [0.1, 0.15) is 0 Å². The molecule has 13 heavy (non-hydrogen) atoms. The Bertz CT molecular complexity index is 165. The van der Waals surface area contributed by atoms with E-state index in [-0.39, 0.29) is 0 Å². The van der Waals surface area contributed by atoms with E-state index in [2.05, 4.69) is 31.1 Å². The molecule has 1 rings (SSSR count). The van der Waals surface area contributed by atoms with Crippen LogP contribution in [-0.4, -0.2) is 19.4 Å². The molecule has 2 nitrogen and oxygen atoms in total. The Kier molecular flexibility index (Phi) is 3.76. The second-order valence-corrected chi connectivity index (χ2v) is 4.59. The first-order chi connectivity index (χ1) is 6.15. The van der Waals surface area contributed by atoms with Crippen molar-refractivity contribution >= 4 is 6.34 Å². The lowest BCUT2D eigenvalue weighted by Gasteiger charge is -2.35. The van der Waals surface area contributed by atoms with Gasteiger partial charge in [-0.25, -0.2) is 0 Å². The molecule has 2 unspecified atom stereocenters. The van der Waals surface area contributed by atoms with Crippen LogP contribution in [0.5, 0.6) is 0 Å². The molecule has 0 saturated heterocycles. The summed E-state index contributed by atoms with van der Waals surface area (Å²) in [6, 6.07) is 0.531. The van der Waals surface area contributed by atoms with Crippen molar-refractivity contribution in [3.63, 3.8) is 0 Å². The molecule has 0 aromatic carbocycles. The van der Waals surface area contributed by atoms with Crippen LogP contribution in [0.2, 0.25) is 0 Å². The molecule has 0 spiro atoms. The van der Waals surface area contributed by atoms with Gasteiger partial charge in [0.2, 0.25) is 0 Å². The number of rotatable bonds is 2. The van der Waals surface area contributed by atoms with Crippen molar-refractivity contribution in [2.24, 2.45) is 22.7 Å². The third kappa shape index (κ3) is 2.71. The van der Waals surface area contributed by atoms with Gasteiger partial charge in [0, 0.05) is 7.05 Å². The first-order valence-electron chi connectivity index (χ1n) is 5.34. The van der Waals surface area contributed by atoms with Gasteiger partial charge >= 0.3 is 0 Å². The van der Waals surface area contributed by atoms with Gasteiger partial charge in [-0.1, -0.05) is 20.8 Å². The van der Waals surface area contributed by atoms with Gasteiger partial charge in [-0.05, 0) is 30.6 Å². The van der Waals surface area contributed by atoms with Crippen LogP contribution in [0, 0.1) is 17.8 Å². The minimum absolute atomic E-state index is 0.531. The molecule has 1 fully saturated rings. The van der Waals surface area contributed by atoms with Crippen molar-refractivity contribution in [2.45, 2.75) is 39.7 Å². The molecule has 0 radical (unpaired) electrons. The number of hydrogen-bond donors (Lipinski definition) is 1. The summed E-state index contributed by atoms with van der Waals surface area (Å²) in [5.41, 5.74) is 0. The van der Waals surface area contributed by atoms with Crippen molar-refractivity contribution in [3.05, 3.63) is 0 Å². The number of hydrogen-bond acceptors (Lipinski definition) is 1. The van der Waals surface area contributed by atoms with Crippen LogP contribution in [0.4, 0.5) is 0 Å². The fourth-order valence-corrected chi connectivity index (χ4v) is 2.66. The van der Waals surface area contributed by atoms with Crippen LogP contribution < -0.4 is 5.32 Å². The molecule has 1 aliphatic rings. The van der Waals surface area contributed by atoms with Gasteiger partial charge in [-0.3, -0.25) is 4.99 Å². The van der Waals surface area contributed by atoms with Gasteiger partial charge in [-0.2, -0.15) is 0 Å². The second-order valence-electron chi connectivity index (χ2n) is 4.59. The standard InChI is InChI=1S/C11H22N2/c1-8-5-9(2)11(10(3)6-8)13-7-12-4/h7-11H,5-6H2,1-4H3,(H,12,13)/t8-,9?,10?,11+. The van der Waals surface area contributed by atoms with Gasteiger partial charge in [0.15, 0.2) is 0 Å². The summed E-state index contributed by atoms with van der Waals surface area (Å²) in [7, 11) is 1.91. The van der Waals surface area contributed by atoms with Gasteiger partial charge < -0.3 is 5.32 Å². The average molecular weight is 182 g/mol. The molecule has 2 heteroatoms. The first-order valence-corrected chi connectivity index (χ1v) is 5.34. The lowest BCUT2D eigenvalue weighted by molar-refractivity contribution is 0.197. The minimum atomic E-state index is 0.531. The molecule has 0 aromatic rings. The highest BCUT2D eigenvalue weighted by Crippen LogP contribution is 2.34. The predicted molar refractivity (Wildman–Crippen MR) is 58.1 cm³/mol. The highest BCUT2D eigenvalue weighted by molar-refractivity contribution is 5.53. The zero-order chi connectivity index (χ0) is 9.84. The minimum Gasteiger partial charge on any atom is -0.380 e. The smallest absolute Gasteiger partial charge is 0.0824 e. The average Bonchev–Trinajstić information content (AvgIpc) is 2.02. The number of nitrogens with zero attached hydrogens (tertiary/aromatic N) is 1. The SMILES string of the molecule is CN/C=N/[C@H]1C(C)C[C@@H](C)CC1C. The summed E-state index contributed by atoms with van der Waals surface area (Å²) < 4.78 is 0. The molecule has 1 saturated carbocycles. The largest absolute Gasteiger partial charge is 0.380 e. The summed E-state index contributed by atoms with van der Waals surface area (Å²) in [6.07, 6.45) is 4.50. The molecule has 0 heterocycles. The van der Waals surface area contributed by atoms with Gasteiger partial charge in [-0.15, -0.1) is 0 Å². The molecule has 2 atom stereocenters. The molecule has 0 amide bonds. The van der Waals surface area contributed by atoms with Gasteiger partial charge in [0.25, 0.3) is 0 Å². The lowest BCUT2D eigenvalue weighted by atomic mass is 9.74. The topological polar surface area (TPSA) is 24.4 Å². The predicted octanol–water partition coefficient (Wildman–Crippen LogP) is 2.30. The summed E-state index contributed by atoms with van der Waals surface area (Å²) in [5, 5.41) is 2.98. The molecule has 76 valence electrons. The molecular formula is C11H22N2. The monoisotopic (exact) mass is 182 g/mol. The fourth-order valence-electron chi connectivity index (χ4n) is 2.66. The van der Waals surface area contributed by atoms with Gasteiger partial charge in [0.05, 0.1) is 12.4 Å². The maximum atomic E-state index is 4.56. The number of aliphatic imine (C=N–C) groups is 1. The molecule has 0 aliphatic heterocycles. The molecule has 0 bridgehead atoms. The molecule has 1 aliphatic carbocycles. The highest BCUT2D eigenvalue weighted by Gasteiger charge is 2.30. The van der Waals surface area contributed by atoms with E-state index < -0.39 is 0 Å². The van der Waals surface area contributed by atoms with Crippen molar-refractivity contribution in [3.8, 4) is 0 Å². The van der Waals surface area contributed by atoms with E-state index in [1.807, 2.05) is 13.4 Å². The van der Waals surface area contributed by atoms with Crippen molar-refractivity contribution in [1.82, 2.24) is 5.32 Å². The fraction of sp³-hybridized carbons (Fsp3) is 0.909. The Balaban J connectivity index is 2.56. The Morgan fingerprint density at radius 2 is 1.69 bits per heavy atom. The third-order valence-electron chi connectivity index (χ3n) is 3.09. The Labute approximate surface area is 81.8 Å². The Hall–Kier alpha value is -0.530. The third-order valence-corrected chi connectivity index (χ3v) is 3.09. The molecule has 0 aromatic heterocycles. The van der Waals surface area contributed by atoms with E-state index in [9.17, 15) is 0 Å². The van der Waals surface area contributed by atoms with Crippen molar-refractivity contribution < 1.29 is 0 Å². The number of nitrogens with one attached hydrogen (secondary N) is 1. The Morgan fingerprint density at radius 3 is 2.15 bits per heavy atom. The van der Waals surface area contributed by atoms with Crippen LogP contribution >= 0.6 is 0 Å². The van der Waals surface area contributed by atoms with Crippen LogP contribution in [-0.2, 0) is 0 Å². The van der Waals surface area contributed by atoms with E-state index >= 15 is 0 Å². The van der Waals surface area contributed by atoms with Crippen LogP contribution in [0.1, 0.15) is 33.6 Å². The van der Waals surface area contributed by atoms with E-state index in [0.29, 0.717) is 6.04 Å². The van der Waals surface area contributed by atoms with E-state index in [4.69, 9.17) is 0 Å². The van der Waals surface area contributed by atoms with E-state index in [1.54, 1.807) is 0 Å². The van der Waals surface area contributed by atoms with Crippen molar-refractivity contribution in [2.75, 3.05) is 7.05 Å². The molecule has 1 N–H and O–H groups in total. The summed E-state index contributed by atoms with van der Waals surface area (Å²) >= 11 is 0. The second kappa shape index (κ2) is 4.64. The maximum Gasteiger partial charge on any atom is 0.0824 e. The zero-order valence-corrected chi connectivity index (χ0v) is 9.25. The van der Waals surface area contributed by atoms with Crippen molar-refractivity contribution in [1.29, 1.82) is 0 Å². The lowest BCUT2D eigenvalue weighted by Crippen LogP contribution is -2.32. The van der Waals surface area contributed by atoms with Crippen LogP contribution in [0.15, 0.2) is 4.99 Å². The van der Waals surface area contributed by atoms with E-state index in [1.165, 1.54) is 12.8 Å². The maximum absolute atomic E-state index is 4.56. The summed E-state index contributed by atoms with van der Waals surface area (Å²) in [6.45, 7) is 7.00. The summed E-state index contributed by atoms with van der Waals surface area (Å²) in [4.78, 5) is 4.56. The van der Waals surface area contributed by atoms with Crippen LogP contribution in [0.25, 0.3) is 0 Å². The zero-order valence-electron chi connectivity index (χ0n) is 9.25. The first kappa shape index (κ1) is 10.6.